The fourth-order valence-electron chi connectivity index (χ4n) is 1.81. The van der Waals surface area contributed by atoms with E-state index in [1.807, 2.05) is 26.2 Å². The Labute approximate surface area is 113 Å². The monoisotopic (exact) mass is 261 g/mol. The van der Waals surface area contributed by atoms with Crippen LogP contribution >= 0.6 is 0 Å². The van der Waals surface area contributed by atoms with Crippen molar-refractivity contribution in [3.8, 4) is 5.75 Å². The van der Waals surface area contributed by atoms with Gasteiger partial charge in [-0.15, -0.1) is 0 Å². The molecule has 5 heteroatoms. The summed E-state index contributed by atoms with van der Waals surface area (Å²) in [6, 6.07) is 8.58. The normalized spacial score (nSPS) is 12.2. The van der Waals surface area contributed by atoms with E-state index in [1.165, 1.54) is 5.56 Å². The standard InChI is InChI=1S/C14H19N3O2/c1-10(13-15-14(17(2)3)19-16-13)9-11-5-7-12(18-4)8-6-11/h5-8,10H,9H2,1-4H3/t10-/m0/s1. The average Bonchev–Trinajstić information content (AvgIpc) is 2.89. The number of rotatable bonds is 5. The van der Waals surface area contributed by atoms with Gasteiger partial charge in [-0.1, -0.05) is 24.2 Å². The van der Waals surface area contributed by atoms with Crippen molar-refractivity contribution in [2.24, 2.45) is 0 Å². The summed E-state index contributed by atoms with van der Waals surface area (Å²) < 4.78 is 10.3. The predicted molar refractivity (Wildman–Crippen MR) is 73.7 cm³/mol. The van der Waals surface area contributed by atoms with Gasteiger partial charge in [0.15, 0.2) is 5.82 Å². The zero-order chi connectivity index (χ0) is 13.8. The maximum Gasteiger partial charge on any atom is 0.323 e. The lowest BCUT2D eigenvalue weighted by Crippen LogP contribution is -2.09. The summed E-state index contributed by atoms with van der Waals surface area (Å²) in [4.78, 5) is 6.17. The zero-order valence-corrected chi connectivity index (χ0v) is 11.8. The summed E-state index contributed by atoms with van der Waals surface area (Å²) in [6.07, 6.45) is 0.871. The number of aromatic nitrogens is 2. The minimum absolute atomic E-state index is 0.214. The molecule has 2 aromatic rings. The van der Waals surface area contributed by atoms with E-state index < -0.39 is 0 Å². The quantitative estimate of drug-likeness (QED) is 0.827. The molecule has 0 saturated carbocycles. The topological polar surface area (TPSA) is 51.4 Å². The first-order valence-electron chi connectivity index (χ1n) is 6.24. The minimum Gasteiger partial charge on any atom is -0.497 e. The highest BCUT2D eigenvalue weighted by Crippen LogP contribution is 2.21. The van der Waals surface area contributed by atoms with Crippen LogP contribution in [-0.2, 0) is 6.42 Å². The molecular formula is C14H19N3O2. The van der Waals surface area contributed by atoms with Gasteiger partial charge in [0.2, 0.25) is 0 Å². The molecule has 102 valence electrons. The van der Waals surface area contributed by atoms with Crippen LogP contribution in [0.2, 0.25) is 0 Å². The molecule has 0 aliphatic heterocycles. The van der Waals surface area contributed by atoms with Crippen molar-refractivity contribution < 1.29 is 9.26 Å². The fraction of sp³-hybridized carbons (Fsp3) is 0.429. The van der Waals surface area contributed by atoms with Gasteiger partial charge in [-0.25, -0.2) is 0 Å². The Bertz CT molecular complexity index is 520. The molecule has 0 spiro atoms. The van der Waals surface area contributed by atoms with E-state index in [0.29, 0.717) is 6.01 Å². The van der Waals surface area contributed by atoms with Gasteiger partial charge in [0, 0.05) is 20.0 Å². The maximum absolute atomic E-state index is 5.17. The van der Waals surface area contributed by atoms with Crippen LogP contribution in [0.4, 0.5) is 6.01 Å². The zero-order valence-electron chi connectivity index (χ0n) is 11.8. The Morgan fingerprint density at radius 3 is 2.47 bits per heavy atom. The lowest BCUT2D eigenvalue weighted by atomic mass is 10.0. The molecule has 0 N–H and O–H groups in total. The molecular weight excluding hydrogens is 242 g/mol. The number of methoxy groups -OCH3 is 1. The van der Waals surface area contributed by atoms with Gasteiger partial charge in [-0.2, -0.15) is 4.98 Å². The molecule has 0 bridgehead atoms. The average molecular weight is 261 g/mol. The number of anilines is 1. The highest BCUT2D eigenvalue weighted by molar-refractivity contribution is 5.28. The smallest absolute Gasteiger partial charge is 0.323 e. The van der Waals surface area contributed by atoms with Gasteiger partial charge < -0.3 is 14.2 Å². The lowest BCUT2D eigenvalue weighted by molar-refractivity contribution is 0.409. The van der Waals surface area contributed by atoms with Crippen LogP contribution in [0.5, 0.6) is 5.75 Å². The first-order valence-corrected chi connectivity index (χ1v) is 6.24. The third-order valence-corrected chi connectivity index (χ3v) is 2.96. The van der Waals surface area contributed by atoms with E-state index in [9.17, 15) is 0 Å². The second kappa shape index (κ2) is 5.73. The van der Waals surface area contributed by atoms with Gasteiger partial charge in [0.25, 0.3) is 0 Å². The second-order valence-corrected chi connectivity index (χ2v) is 4.78. The number of benzene rings is 1. The van der Waals surface area contributed by atoms with Crippen molar-refractivity contribution >= 4 is 6.01 Å². The van der Waals surface area contributed by atoms with Crippen molar-refractivity contribution in [2.45, 2.75) is 19.3 Å². The van der Waals surface area contributed by atoms with E-state index >= 15 is 0 Å². The second-order valence-electron chi connectivity index (χ2n) is 4.78. The van der Waals surface area contributed by atoms with Crippen molar-refractivity contribution in [3.05, 3.63) is 35.7 Å². The Morgan fingerprint density at radius 2 is 1.95 bits per heavy atom. The van der Waals surface area contributed by atoms with Crippen molar-refractivity contribution in [1.29, 1.82) is 0 Å². The number of ether oxygens (including phenoxy) is 1. The molecule has 2 rings (SSSR count). The van der Waals surface area contributed by atoms with E-state index in [0.717, 1.165) is 18.0 Å². The third kappa shape index (κ3) is 3.24. The molecule has 1 atom stereocenters. The molecule has 0 aliphatic carbocycles. The molecule has 0 saturated heterocycles. The SMILES string of the molecule is COc1ccc(C[C@H](C)c2noc(N(C)C)n2)cc1. The Morgan fingerprint density at radius 1 is 1.26 bits per heavy atom. The molecule has 1 aromatic carbocycles. The lowest BCUT2D eigenvalue weighted by Gasteiger charge is -2.08. The predicted octanol–water partition coefficient (Wildman–Crippen LogP) is 2.49. The molecule has 0 aliphatic rings. The molecule has 19 heavy (non-hydrogen) atoms. The molecule has 1 aromatic heterocycles. The van der Waals surface area contributed by atoms with Gasteiger partial charge >= 0.3 is 6.01 Å². The van der Waals surface area contributed by atoms with Crippen molar-refractivity contribution in [2.75, 3.05) is 26.1 Å². The van der Waals surface area contributed by atoms with Crippen LogP contribution in [0.3, 0.4) is 0 Å². The summed E-state index contributed by atoms with van der Waals surface area (Å²) in [7, 11) is 5.43. The van der Waals surface area contributed by atoms with Gasteiger partial charge in [0.1, 0.15) is 5.75 Å². The molecule has 0 fully saturated rings. The Balaban J connectivity index is 2.04. The Hall–Kier alpha value is -2.04. The number of nitrogens with zero attached hydrogens (tertiary/aromatic N) is 3. The van der Waals surface area contributed by atoms with Gasteiger partial charge in [-0.05, 0) is 24.1 Å². The number of hydrogen-bond acceptors (Lipinski definition) is 5. The van der Waals surface area contributed by atoms with E-state index in [1.54, 1.807) is 12.0 Å². The Kier molecular flexibility index (Phi) is 4.04. The van der Waals surface area contributed by atoms with Crippen molar-refractivity contribution in [3.63, 3.8) is 0 Å². The van der Waals surface area contributed by atoms with Crippen LogP contribution in [0, 0.1) is 0 Å². The molecule has 1 heterocycles. The van der Waals surface area contributed by atoms with Crippen molar-refractivity contribution in [1.82, 2.24) is 10.1 Å². The molecule has 0 radical (unpaired) electrons. The summed E-state index contributed by atoms with van der Waals surface area (Å²) in [5.41, 5.74) is 1.23. The first kappa shape index (κ1) is 13.4. The third-order valence-electron chi connectivity index (χ3n) is 2.96. The summed E-state index contributed by atoms with van der Waals surface area (Å²) in [6.45, 7) is 2.09. The van der Waals surface area contributed by atoms with E-state index in [-0.39, 0.29) is 5.92 Å². The van der Waals surface area contributed by atoms with E-state index in [4.69, 9.17) is 9.26 Å². The molecule has 5 nitrogen and oxygen atoms in total. The summed E-state index contributed by atoms with van der Waals surface area (Å²) in [5.74, 6) is 1.82. The van der Waals surface area contributed by atoms with E-state index in [2.05, 4.69) is 29.2 Å². The summed E-state index contributed by atoms with van der Waals surface area (Å²) in [5, 5.41) is 4.01. The van der Waals surface area contributed by atoms with Crippen LogP contribution in [0.15, 0.2) is 28.8 Å². The highest BCUT2D eigenvalue weighted by atomic mass is 16.5. The molecule has 0 amide bonds. The van der Waals surface area contributed by atoms with Crippen LogP contribution < -0.4 is 9.64 Å². The van der Waals surface area contributed by atoms with Crippen LogP contribution in [-0.4, -0.2) is 31.3 Å². The first-order chi connectivity index (χ1) is 9.10. The number of hydrogen-bond donors (Lipinski definition) is 0. The maximum atomic E-state index is 5.17. The molecule has 0 unspecified atom stereocenters. The van der Waals surface area contributed by atoms with Crippen LogP contribution in [0.1, 0.15) is 24.2 Å². The van der Waals surface area contributed by atoms with Gasteiger partial charge in [0.05, 0.1) is 7.11 Å². The largest absolute Gasteiger partial charge is 0.497 e. The fourth-order valence-corrected chi connectivity index (χ4v) is 1.81. The highest BCUT2D eigenvalue weighted by Gasteiger charge is 2.15. The minimum atomic E-state index is 0.214. The van der Waals surface area contributed by atoms with Gasteiger partial charge in [-0.3, -0.25) is 0 Å². The van der Waals surface area contributed by atoms with Crippen LogP contribution in [0.25, 0.3) is 0 Å². The summed E-state index contributed by atoms with van der Waals surface area (Å²) >= 11 is 0.